The molecule has 1 fully saturated rings. The van der Waals surface area contributed by atoms with Gasteiger partial charge in [0.1, 0.15) is 5.82 Å². The van der Waals surface area contributed by atoms with Gasteiger partial charge in [0.05, 0.1) is 27.9 Å². The van der Waals surface area contributed by atoms with Crippen molar-refractivity contribution in [1.29, 1.82) is 0 Å². The number of carboxylic acids is 1. The number of alkyl halides is 1. The third-order valence-corrected chi connectivity index (χ3v) is 8.02. The minimum absolute atomic E-state index is 0.00734. The zero-order valence-corrected chi connectivity index (χ0v) is 23.0. The molecule has 1 saturated carbocycles. The van der Waals surface area contributed by atoms with Crippen molar-refractivity contribution >= 4 is 45.9 Å². The number of rotatable bonds is 9. The molecular formula is C30H29ClF2N4O4. The number of amides is 1. The van der Waals surface area contributed by atoms with Crippen LogP contribution in [-0.4, -0.2) is 38.4 Å². The number of carbonyl (C=O) groups is 3. The number of aromatic nitrogens is 2. The normalized spacial score (nSPS) is 18.6. The molecule has 0 saturated heterocycles. The predicted molar refractivity (Wildman–Crippen MR) is 151 cm³/mol. The van der Waals surface area contributed by atoms with Gasteiger partial charge in [-0.05, 0) is 61.6 Å². The van der Waals surface area contributed by atoms with Crippen LogP contribution >= 0.6 is 11.6 Å². The number of aryl methyl sites for hydroxylation is 1. The lowest BCUT2D eigenvalue weighted by Gasteiger charge is -2.33. The first kappa shape index (κ1) is 28.5. The molecule has 2 heterocycles. The molecular weight excluding hydrogens is 554 g/mol. The second-order valence-corrected chi connectivity index (χ2v) is 10.8. The number of aromatic amines is 1. The number of benzene rings is 2. The highest BCUT2D eigenvalue weighted by Crippen LogP contribution is 2.33. The van der Waals surface area contributed by atoms with Gasteiger partial charge in [-0.3, -0.25) is 19.7 Å². The van der Waals surface area contributed by atoms with Gasteiger partial charge in [0.25, 0.3) is 11.7 Å². The van der Waals surface area contributed by atoms with Crippen molar-refractivity contribution in [2.24, 2.45) is 13.0 Å². The van der Waals surface area contributed by atoms with E-state index in [0.717, 1.165) is 17.0 Å². The Kier molecular flexibility index (Phi) is 7.97. The Bertz CT molecular complexity index is 1610. The van der Waals surface area contributed by atoms with Gasteiger partial charge >= 0.3 is 5.97 Å². The van der Waals surface area contributed by atoms with E-state index in [4.69, 9.17) is 11.6 Å². The van der Waals surface area contributed by atoms with E-state index < -0.39 is 47.7 Å². The van der Waals surface area contributed by atoms with Crippen LogP contribution in [0.3, 0.4) is 0 Å². The highest BCUT2D eigenvalue weighted by molar-refractivity contribution is 6.34. The lowest BCUT2D eigenvalue weighted by Crippen LogP contribution is -2.52. The Labute approximate surface area is 239 Å². The Morgan fingerprint density at radius 3 is 2.54 bits per heavy atom. The monoisotopic (exact) mass is 582 g/mol. The molecule has 41 heavy (non-hydrogen) atoms. The van der Waals surface area contributed by atoms with Crippen molar-refractivity contribution in [3.8, 4) is 0 Å². The maximum Gasteiger partial charge on any atom is 0.306 e. The SMILES string of the molecule is Cn1cc(C(=O)Nc2cc(F)c(CC(=O)C(F)(NC3CCC(C(=O)O)CC3)c3ccc[nH]3)cc2Cl)c2ccccc21. The van der Waals surface area contributed by atoms with Gasteiger partial charge in [0.2, 0.25) is 0 Å². The molecule has 1 aliphatic rings. The van der Waals surface area contributed by atoms with Crippen LogP contribution in [0.2, 0.25) is 5.02 Å². The van der Waals surface area contributed by atoms with Crippen LogP contribution < -0.4 is 10.6 Å². The molecule has 0 aliphatic heterocycles. The minimum Gasteiger partial charge on any atom is -0.481 e. The van der Waals surface area contributed by atoms with Gasteiger partial charge in [0.15, 0.2) is 5.78 Å². The summed E-state index contributed by atoms with van der Waals surface area (Å²) in [6, 6.07) is 12.1. The number of halogens is 3. The van der Waals surface area contributed by atoms with Crippen LogP contribution in [0.1, 0.15) is 47.3 Å². The number of para-hydroxylation sites is 1. The molecule has 0 spiro atoms. The molecule has 0 radical (unpaired) electrons. The third kappa shape index (κ3) is 5.75. The Hall–Kier alpha value is -4.02. The molecule has 1 aliphatic carbocycles. The Morgan fingerprint density at radius 2 is 1.85 bits per heavy atom. The van der Waals surface area contributed by atoms with Gasteiger partial charge in [-0.15, -0.1) is 0 Å². The number of nitrogens with one attached hydrogen (secondary N) is 3. The number of Topliss-reactive ketones (excluding diaryl/α,β-unsaturated/α-hetero) is 1. The summed E-state index contributed by atoms with van der Waals surface area (Å²) in [5.74, 6) is -6.30. The summed E-state index contributed by atoms with van der Waals surface area (Å²) in [4.78, 5) is 40.4. The van der Waals surface area contributed by atoms with Gasteiger partial charge in [-0.1, -0.05) is 29.8 Å². The first-order valence-corrected chi connectivity index (χ1v) is 13.6. The summed E-state index contributed by atoms with van der Waals surface area (Å²) >= 11 is 6.39. The number of H-pyrrole nitrogens is 1. The fourth-order valence-electron chi connectivity index (χ4n) is 5.45. The van der Waals surface area contributed by atoms with E-state index in [0.29, 0.717) is 31.2 Å². The van der Waals surface area contributed by atoms with Gasteiger partial charge < -0.3 is 20.0 Å². The van der Waals surface area contributed by atoms with Crippen molar-refractivity contribution in [3.05, 3.63) is 88.6 Å². The molecule has 4 N–H and O–H groups in total. The second kappa shape index (κ2) is 11.5. The maximum atomic E-state index is 16.5. The van der Waals surface area contributed by atoms with Crippen LogP contribution in [0.15, 0.2) is 60.9 Å². The molecule has 0 bridgehead atoms. The van der Waals surface area contributed by atoms with Crippen molar-refractivity contribution in [2.45, 2.75) is 43.9 Å². The van der Waals surface area contributed by atoms with E-state index in [2.05, 4.69) is 15.6 Å². The van der Waals surface area contributed by atoms with Gasteiger partial charge in [0, 0.05) is 42.8 Å². The number of anilines is 1. The highest BCUT2D eigenvalue weighted by Gasteiger charge is 2.44. The van der Waals surface area contributed by atoms with E-state index in [9.17, 15) is 19.5 Å². The molecule has 11 heteroatoms. The predicted octanol–water partition coefficient (Wildman–Crippen LogP) is 5.72. The fourth-order valence-corrected chi connectivity index (χ4v) is 5.68. The average molecular weight is 583 g/mol. The van der Waals surface area contributed by atoms with Crippen LogP contribution in [0.25, 0.3) is 10.9 Å². The summed E-state index contributed by atoms with van der Waals surface area (Å²) in [5, 5.41) is 15.4. The highest BCUT2D eigenvalue weighted by atomic mass is 35.5. The fraction of sp³-hybridized carbons (Fsp3) is 0.300. The largest absolute Gasteiger partial charge is 0.481 e. The number of aliphatic carboxylic acids is 1. The number of carboxylic acid groups (broad SMARTS) is 1. The molecule has 1 atom stereocenters. The molecule has 4 aromatic rings. The summed E-state index contributed by atoms with van der Waals surface area (Å²) < 4.78 is 33.5. The number of carbonyl (C=O) groups excluding carboxylic acids is 2. The smallest absolute Gasteiger partial charge is 0.306 e. The van der Waals surface area contributed by atoms with Crippen molar-refractivity contribution in [2.75, 3.05) is 5.32 Å². The van der Waals surface area contributed by atoms with Crippen LogP contribution in [-0.2, 0) is 28.9 Å². The molecule has 8 nitrogen and oxygen atoms in total. The van der Waals surface area contributed by atoms with Crippen molar-refractivity contribution in [1.82, 2.24) is 14.9 Å². The van der Waals surface area contributed by atoms with E-state index in [1.54, 1.807) is 22.9 Å². The lowest BCUT2D eigenvalue weighted by atomic mass is 9.85. The maximum absolute atomic E-state index is 16.5. The minimum atomic E-state index is -2.66. The summed E-state index contributed by atoms with van der Waals surface area (Å²) in [5.41, 5.74) is 1.09. The molecule has 1 amide bonds. The molecule has 2 aromatic carbocycles. The van der Waals surface area contributed by atoms with Gasteiger partial charge in [-0.2, -0.15) is 0 Å². The van der Waals surface area contributed by atoms with Crippen molar-refractivity contribution < 1.29 is 28.3 Å². The van der Waals surface area contributed by atoms with Crippen molar-refractivity contribution in [3.63, 3.8) is 0 Å². The van der Waals surface area contributed by atoms with Crippen LogP contribution in [0, 0.1) is 11.7 Å². The number of fused-ring (bicyclic) bond motifs is 1. The topological polar surface area (TPSA) is 116 Å². The lowest BCUT2D eigenvalue weighted by molar-refractivity contribution is -0.143. The quantitative estimate of drug-likeness (QED) is 0.188. The number of nitrogens with zero attached hydrogens (tertiary/aromatic N) is 1. The van der Waals surface area contributed by atoms with E-state index in [1.165, 1.54) is 18.3 Å². The van der Waals surface area contributed by atoms with Crippen LogP contribution in [0.5, 0.6) is 0 Å². The Balaban J connectivity index is 1.34. The first-order chi connectivity index (χ1) is 19.6. The summed E-state index contributed by atoms with van der Waals surface area (Å²) in [6.45, 7) is 0. The first-order valence-electron chi connectivity index (χ1n) is 13.3. The second-order valence-electron chi connectivity index (χ2n) is 10.4. The van der Waals surface area contributed by atoms with Gasteiger partial charge in [-0.25, -0.2) is 8.78 Å². The third-order valence-electron chi connectivity index (χ3n) is 7.71. The summed E-state index contributed by atoms with van der Waals surface area (Å²) in [6.07, 6.45) is 4.00. The average Bonchev–Trinajstić information content (AvgIpc) is 3.61. The van der Waals surface area contributed by atoms with E-state index in [1.807, 2.05) is 25.2 Å². The molecule has 5 rings (SSSR count). The zero-order chi connectivity index (χ0) is 29.3. The van der Waals surface area contributed by atoms with E-state index >= 15 is 8.78 Å². The molecule has 214 valence electrons. The zero-order valence-electron chi connectivity index (χ0n) is 22.2. The number of hydrogen-bond acceptors (Lipinski definition) is 4. The number of ketones is 1. The summed E-state index contributed by atoms with van der Waals surface area (Å²) in [7, 11) is 1.81. The molecule has 2 aromatic heterocycles. The number of hydrogen-bond donors (Lipinski definition) is 4. The van der Waals surface area contributed by atoms with Crippen LogP contribution in [0.4, 0.5) is 14.5 Å². The molecule has 1 unspecified atom stereocenters. The standard InChI is InChI=1S/C30H29ClF2N4O4/c1-37-16-21(20-5-2-3-6-25(20)37)28(39)35-24-15-23(32)18(13-22(24)31)14-27(38)30(33,26-7-4-12-34-26)36-19-10-8-17(9-11-19)29(40)41/h2-7,12-13,15-17,19,34,36H,8-11,14H2,1H3,(H,35,39)(H,40,41). The van der Waals surface area contributed by atoms with E-state index in [-0.39, 0.29) is 22.0 Å². The Morgan fingerprint density at radius 1 is 1.12 bits per heavy atom.